The summed E-state index contributed by atoms with van der Waals surface area (Å²) < 4.78 is 0. The monoisotopic (exact) mass is 407 g/mol. The lowest BCUT2D eigenvalue weighted by Crippen LogP contribution is -2.55. The molecule has 154 valence electrons. The predicted molar refractivity (Wildman–Crippen MR) is 111 cm³/mol. The highest BCUT2D eigenvalue weighted by atomic mass is 35.5. The minimum atomic E-state index is -0.747. The fourth-order valence-electron chi connectivity index (χ4n) is 4.05. The molecule has 28 heavy (non-hydrogen) atoms. The average Bonchev–Trinajstić information content (AvgIpc) is 2.92. The maximum absolute atomic E-state index is 13.3. The molecule has 0 aromatic heterocycles. The third-order valence-electron chi connectivity index (χ3n) is 5.60. The second kappa shape index (κ2) is 9.52. The normalized spacial score (nSPS) is 18.3. The van der Waals surface area contributed by atoms with Crippen LogP contribution in [0.4, 0.5) is 0 Å². The molecule has 1 saturated heterocycles. The van der Waals surface area contributed by atoms with Gasteiger partial charge in [-0.25, -0.2) is 0 Å². The number of piperidine rings is 1. The Morgan fingerprint density at radius 2 is 1.64 bits per heavy atom. The molecular formula is C21H30ClN3O3. The Hall–Kier alpha value is -1.92. The molecular weight excluding hydrogens is 378 g/mol. The first kappa shape index (κ1) is 22.4. The molecule has 3 amide bonds. The van der Waals surface area contributed by atoms with Crippen molar-refractivity contribution in [1.29, 1.82) is 0 Å². The van der Waals surface area contributed by atoms with Crippen LogP contribution >= 0.6 is 12.4 Å². The number of imide groups is 1. The van der Waals surface area contributed by atoms with Crippen LogP contribution in [0.3, 0.4) is 0 Å². The Kier molecular flexibility index (Phi) is 7.61. The summed E-state index contributed by atoms with van der Waals surface area (Å²) in [7, 11) is 0. The Bertz CT molecular complexity index is 694. The number of hydrogen-bond acceptors (Lipinski definition) is 4. The van der Waals surface area contributed by atoms with E-state index >= 15 is 0 Å². The van der Waals surface area contributed by atoms with Gasteiger partial charge in [-0.1, -0.05) is 32.9 Å². The molecule has 1 fully saturated rings. The van der Waals surface area contributed by atoms with Gasteiger partial charge in [0.1, 0.15) is 6.04 Å². The van der Waals surface area contributed by atoms with E-state index in [4.69, 9.17) is 0 Å². The molecule has 1 N–H and O–H groups in total. The molecule has 2 heterocycles. The summed E-state index contributed by atoms with van der Waals surface area (Å²) in [6.07, 6.45) is 1.90. The molecule has 0 radical (unpaired) electrons. The van der Waals surface area contributed by atoms with Crippen molar-refractivity contribution in [2.45, 2.75) is 39.7 Å². The van der Waals surface area contributed by atoms with E-state index in [1.54, 1.807) is 24.3 Å². The Morgan fingerprint density at radius 3 is 2.11 bits per heavy atom. The van der Waals surface area contributed by atoms with E-state index in [-0.39, 0.29) is 36.0 Å². The number of nitrogens with one attached hydrogen (secondary N) is 1. The van der Waals surface area contributed by atoms with Crippen LogP contribution in [-0.2, 0) is 4.79 Å². The lowest BCUT2D eigenvalue weighted by molar-refractivity contribution is -0.138. The van der Waals surface area contributed by atoms with E-state index in [1.807, 2.05) is 18.7 Å². The first-order valence-electron chi connectivity index (χ1n) is 9.92. The van der Waals surface area contributed by atoms with Crippen LogP contribution in [-0.4, -0.2) is 59.7 Å². The molecule has 2 aliphatic heterocycles. The average molecular weight is 408 g/mol. The Labute approximate surface area is 173 Å². The van der Waals surface area contributed by atoms with Crippen LogP contribution in [0.5, 0.6) is 0 Å². The zero-order chi connectivity index (χ0) is 19.6. The smallest absolute Gasteiger partial charge is 0.262 e. The van der Waals surface area contributed by atoms with Gasteiger partial charge < -0.3 is 10.2 Å². The number of hydrogen-bond donors (Lipinski definition) is 1. The van der Waals surface area contributed by atoms with Gasteiger partial charge >= 0.3 is 0 Å². The van der Waals surface area contributed by atoms with Gasteiger partial charge in [0.05, 0.1) is 11.1 Å². The third kappa shape index (κ3) is 4.23. The van der Waals surface area contributed by atoms with Crippen molar-refractivity contribution >= 4 is 30.1 Å². The number of amides is 3. The number of halogens is 1. The number of rotatable bonds is 6. The molecule has 1 aromatic carbocycles. The first-order chi connectivity index (χ1) is 13.0. The van der Waals surface area contributed by atoms with Crippen molar-refractivity contribution in [1.82, 2.24) is 15.1 Å². The number of carbonyl (C=O) groups is 3. The molecule has 0 aliphatic carbocycles. The summed E-state index contributed by atoms with van der Waals surface area (Å²) in [6, 6.07) is 6.06. The summed E-state index contributed by atoms with van der Waals surface area (Å²) in [5.41, 5.74) is 0.788. The second-order valence-electron chi connectivity index (χ2n) is 7.79. The molecule has 1 aromatic rings. The lowest BCUT2D eigenvalue weighted by Gasteiger charge is -2.37. The molecule has 1 unspecified atom stereocenters. The molecule has 0 bridgehead atoms. The maximum Gasteiger partial charge on any atom is 0.262 e. The third-order valence-corrected chi connectivity index (χ3v) is 5.60. The predicted octanol–water partition coefficient (Wildman–Crippen LogP) is 2.58. The number of carbonyl (C=O) groups excluding carboxylic acids is 3. The quantitative estimate of drug-likeness (QED) is 0.736. The number of benzene rings is 1. The second-order valence-corrected chi connectivity index (χ2v) is 7.79. The summed E-state index contributed by atoms with van der Waals surface area (Å²) >= 11 is 0. The van der Waals surface area contributed by atoms with Crippen molar-refractivity contribution in [3.63, 3.8) is 0 Å². The van der Waals surface area contributed by atoms with Gasteiger partial charge in [-0.3, -0.25) is 19.3 Å². The van der Waals surface area contributed by atoms with Crippen molar-refractivity contribution in [2.75, 3.05) is 26.2 Å². The largest absolute Gasteiger partial charge is 0.341 e. The first-order valence-corrected chi connectivity index (χ1v) is 9.92. The van der Waals surface area contributed by atoms with Crippen LogP contribution in [0.25, 0.3) is 0 Å². The van der Waals surface area contributed by atoms with Gasteiger partial charge in [0.2, 0.25) is 5.91 Å². The van der Waals surface area contributed by atoms with Gasteiger partial charge in [-0.2, -0.15) is 0 Å². The highest BCUT2D eigenvalue weighted by molar-refractivity contribution is 6.22. The van der Waals surface area contributed by atoms with Crippen LogP contribution in [0, 0.1) is 11.8 Å². The van der Waals surface area contributed by atoms with Crippen LogP contribution in [0.15, 0.2) is 24.3 Å². The summed E-state index contributed by atoms with van der Waals surface area (Å²) in [5.74, 6) is -0.388. The van der Waals surface area contributed by atoms with Crippen LogP contribution in [0.1, 0.15) is 54.3 Å². The van der Waals surface area contributed by atoms with Crippen molar-refractivity contribution in [3.05, 3.63) is 35.4 Å². The fraction of sp³-hybridized carbons (Fsp3) is 0.571. The summed E-state index contributed by atoms with van der Waals surface area (Å²) in [6.45, 7) is 9.17. The molecule has 7 heteroatoms. The zero-order valence-electron chi connectivity index (χ0n) is 16.8. The van der Waals surface area contributed by atoms with E-state index in [2.05, 4.69) is 12.2 Å². The highest BCUT2D eigenvalue weighted by Gasteiger charge is 2.45. The van der Waals surface area contributed by atoms with E-state index in [1.165, 1.54) is 4.90 Å². The number of fused-ring (bicyclic) bond motifs is 1. The standard InChI is InChI=1S/C21H29N3O3.ClH/c1-4-22-13-15-9-11-23(12-10-15)21(27)18(14(2)3)24-19(25)16-7-5-6-8-17(16)20(24)26;/h5-8,14-15,18,22H,4,9-13H2,1-3H3;1H. The zero-order valence-corrected chi connectivity index (χ0v) is 17.6. The fourth-order valence-corrected chi connectivity index (χ4v) is 4.05. The van der Waals surface area contributed by atoms with Crippen LogP contribution in [0.2, 0.25) is 0 Å². The van der Waals surface area contributed by atoms with Gasteiger partial charge in [0.25, 0.3) is 11.8 Å². The number of nitrogens with zero attached hydrogens (tertiary/aromatic N) is 2. The summed E-state index contributed by atoms with van der Waals surface area (Å²) in [4.78, 5) is 41.9. The van der Waals surface area contributed by atoms with Gasteiger partial charge in [-0.15, -0.1) is 12.4 Å². The molecule has 3 rings (SSSR count). The van der Waals surface area contributed by atoms with Gasteiger partial charge in [-0.05, 0) is 49.9 Å². The van der Waals surface area contributed by atoms with Gasteiger partial charge in [0, 0.05) is 13.1 Å². The molecule has 0 saturated carbocycles. The topological polar surface area (TPSA) is 69.7 Å². The van der Waals surface area contributed by atoms with Crippen LogP contribution < -0.4 is 5.32 Å². The highest BCUT2D eigenvalue weighted by Crippen LogP contribution is 2.29. The molecule has 6 nitrogen and oxygen atoms in total. The number of likely N-dealkylation sites (tertiary alicyclic amines) is 1. The molecule has 0 spiro atoms. The lowest BCUT2D eigenvalue weighted by atomic mass is 9.94. The minimum absolute atomic E-state index is 0. The van der Waals surface area contributed by atoms with E-state index in [9.17, 15) is 14.4 Å². The molecule has 1 atom stereocenters. The van der Waals surface area contributed by atoms with E-state index < -0.39 is 6.04 Å². The van der Waals surface area contributed by atoms with Gasteiger partial charge in [0.15, 0.2) is 0 Å². The maximum atomic E-state index is 13.3. The molecule has 2 aliphatic rings. The Morgan fingerprint density at radius 1 is 1.11 bits per heavy atom. The van der Waals surface area contributed by atoms with E-state index in [0.717, 1.165) is 25.9 Å². The van der Waals surface area contributed by atoms with Crippen molar-refractivity contribution in [2.24, 2.45) is 11.8 Å². The van der Waals surface area contributed by atoms with E-state index in [0.29, 0.717) is 30.1 Å². The van der Waals surface area contributed by atoms with Crippen molar-refractivity contribution < 1.29 is 14.4 Å². The van der Waals surface area contributed by atoms with Crippen molar-refractivity contribution in [3.8, 4) is 0 Å². The summed E-state index contributed by atoms with van der Waals surface area (Å²) in [5, 5.41) is 3.37. The SMILES string of the molecule is CCNCC1CCN(C(=O)C(C(C)C)N2C(=O)c3ccccc3C2=O)CC1.Cl. The Balaban J connectivity index is 0.00000280. The minimum Gasteiger partial charge on any atom is -0.341 e.